The summed E-state index contributed by atoms with van der Waals surface area (Å²) in [7, 11) is 1.80. The number of likely N-dealkylation sites (tertiary alicyclic amines) is 1. The average Bonchev–Trinajstić information content (AvgIpc) is 2.78. The Morgan fingerprint density at radius 1 is 1.41 bits per heavy atom. The maximum absolute atomic E-state index is 5.48. The lowest BCUT2D eigenvalue weighted by Crippen LogP contribution is -2.42. The molecule has 1 atom stereocenters. The van der Waals surface area contributed by atoms with E-state index in [4.69, 9.17) is 9.47 Å². The number of ether oxygens (including phenoxy) is 2. The van der Waals surface area contributed by atoms with E-state index in [9.17, 15) is 0 Å². The fourth-order valence-corrected chi connectivity index (χ4v) is 3.49. The van der Waals surface area contributed by atoms with E-state index < -0.39 is 0 Å². The summed E-state index contributed by atoms with van der Waals surface area (Å²) in [5.74, 6) is 1.72. The molecule has 2 aliphatic rings. The first-order valence-electron chi connectivity index (χ1n) is 6.68. The highest BCUT2D eigenvalue weighted by Gasteiger charge is 2.35. The van der Waals surface area contributed by atoms with E-state index in [1.54, 1.807) is 7.11 Å². The summed E-state index contributed by atoms with van der Waals surface area (Å²) in [5.41, 5.74) is 0.392. The van der Waals surface area contributed by atoms with Crippen molar-refractivity contribution >= 4 is 12.6 Å². The van der Waals surface area contributed by atoms with Crippen molar-refractivity contribution in [3.05, 3.63) is 0 Å². The summed E-state index contributed by atoms with van der Waals surface area (Å²) in [6.45, 7) is 6.36. The van der Waals surface area contributed by atoms with E-state index in [-0.39, 0.29) is 0 Å². The number of hydrogen-bond donors (Lipinski definition) is 1. The number of nitrogens with zero attached hydrogens (tertiary/aromatic N) is 1. The molecule has 0 aromatic rings. The van der Waals surface area contributed by atoms with Gasteiger partial charge in [-0.3, -0.25) is 0 Å². The zero-order chi connectivity index (χ0) is 12.1. The lowest BCUT2D eigenvalue weighted by Gasteiger charge is -2.39. The van der Waals surface area contributed by atoms with Gasteiger partial charge in [-0.05, 0) is 42.9 Å². The minimum atomic E-state index is 0.392. The highest BCUT2D eigenvalue weighted by atomic mass is 32.1. The first kappa shape index (κ1) is 13.7. The van der Waals surface area contributed by atoms with Crippen molar-refractivity contribution in [2.45, 2.75) is 19.3 Å². The van der Waals surface area contributed by atoms with Crippen molar-refractivity contribution in [3.8, 4) is 0 Å². The zero-order valence-corrected chi connectivity index (χ0v) is 11.8. The summed E-state index contributed by atoms with van der Waals surface area (Å²) < 4.78 is 10.7. The van der Waals surface area contributed by atoms with E-state index in [0.717, 1.165) is 31.5 Å². The summed E-state index contributed by atoms with van der Waals surface area (Å²) >= 11 is 4.58. The molecule has 17 heavy (non-hydrogen) atoms. The van der Waals surface area contributed by atoms with Gasteiger partial charge in [0.15, 0.2) is 0 Å². The third-order valence-electron chi connectivity index (χ3n) is 4.22. The van der Waals surface area contributed by atoms with Crippen LogP contribution in [0.5, 0.6) is 0 Å². The van der Waals surface area contributed by atoms with Gasteiger partial charge >= 0.3 is 0 Å². The Labute approximate surface area is 110 Å². The van der Waals surface area contributed by atoms with E-state index in [1.807, 2.05) is 0 Å². The molecule has 0 aromatic heterocycles. The van der Waals surface area contributed by atoms with Crippen LogP contribution < -0.4 is 0 Å². The molecule has 0 aromatic carbocycles. The van der Waals surface area contributed by atoms with Gasteiger partial charge in [0, 0.05) is 33.4 Å². The Morgan fingerprint density at radius 2 is 2.18 bits per heavy atom. The van der Waals surface area contributed by atoms with Gasteiger partial charge in [-0.2, -0.15) is 12.6 Å². The number of rotatable bonds is 5. The highest BCUT2D eigenvalue weighted by Crippen LogP contribution is 2.34. The molecule has 0 radical (unpaired) electrons. The predicted octanol–water partition coefficient (Wildman–Crippen LogP) is 1.68. The van der Waals surface area contributed by atoms with Crippen LogP contribution in [0.25, 0.3) is 0 Å². The Hall–Kier alpha value is 0.230. The monoisotopic (exact) mass is 259 g/mol. The Morgan fingerprint density at radius 3 is 2.82 bits per heavy atom. The van der Waals surface area contributed by atoms with E-state index in [1.165, 1.54) is 38.9 Å². The van der Waals surface area contributed by atoms with E-state index >= 15 is 0 Å². The maximum atomic E-state index is 5.48. The molecule has 4 heteroatoms. The average molecular weight is 259 g/mol. The van der Waals surface area contributed by atoms with Crippen molar-refractivity contribution in [3.63, 3.8) is 0 Å². The second kappa shape index (κ2) is 6.41. The minimum Gasteiger partial charge on any atom is -0.384 e. The summed E-state index contributed by atoms with van der Waals surface area (Å²) in [6.07, 6.45) is 3.62. The third-order valence-corrected chi connectivity index (χ3v) is 4.89. The van der Waals surface area contributed by atoms with Gasteiger partial charge in [0.25, 0.3) is 0 Å². The van der Waals surface area contributed by atoms with Crippen LogP contribution in [0.15, 0.2) is 0 Å². The molecule has 2 rings (SSSR count). The topological polar surface area (TPSA) is 21.7 Å². The van der Waals surface area contributed by atoms with Crippen molar-refractivity contribution in [1.29, 1.82) is 0 Å². The van der Waals surface area contributed by atoms with Crippen LogP contribution in [-0.4, -0.2) is 57.2 Å². The number of methoxy groups -OCH3 is 1. The van der Waals surface area contributed by atoms with Gasteiger partial charge in [0.2, 0.25) is 0 Å². The highest BCUT2D eigenvalue weighted by molar-refractivity contribution is 7.80. The number of thiol groups is 1. The summed E-state index contributed by atoms with van der Waals surface area (Å²) in [6, 6.07) is 0. The lowest BCUT2D eigenvalue weighted by molar-refractivity contribution is 0.0102. The largest absolute Gasteiger partial charge is 0.384 e. The number of hydrogen-bond acceptors (Lipinski definition) is 4. The first-order chi connectivity index (χ1) is 8.28. The smallest absolute Gasteiger partial charge is 0.0503 e. The maximum Gasteiger partial charge on any atom is 0.0503 e. The van der Waals surface area contributed by atoms with Crippen LogP contribution in [0, 0.1) is 11.3 Å². The quantitative estimate of drug-likeness (QED) is 0.759. The van der Waals surface area contributed by atoms with Crippen LogP contribution in [0.4, 0.5) is 0 Å². The van der Waals surface area contributed by atoms with E-state index in [2.05, 4.69) is 17.5 Å². The molecule has 2 fully saturated rings. The molecule has 2 aliphatic heterocycles. The van der Waals surface area contributed by atoms with Crippen LogP contribution in [0.2, 0.25) is 0 Å². The normalized spacial score (nSPS) is 29.6. The fraction of sp³-hybridized carbons (Fsp3) is 1.00. The van der Waals surface area contributed by atoms with Crippen molar-refractivity contribution in [1.82, 2.24) is 4.90 Å². The molecule has 2 heterocycles. The molecule has 0 amide bonds. The predicted molar refractivity (Wildman–Crippen MR) is 72.8 cm³/mol. The third kappa shape index (κ3) is 3.60. The van der Waals surface area contributed by atoms with Crippen molar-refractivity contribution < 1.29 is 9.47 Å². The first-order valence-corrected chi connectivity index (χ1v) is 7.31. The Bertz CT molecular complexity index is 231. The van der Waals surface area contributed by atoms with Crippen molar-refractivity contribution in [2.24, 2.45) is 11.3 Å². The second-order valence-electron chi connectivity index (χ2n) is 5.62. The molecule has 0 spiro atoms. The van der Waals surface area contributed by atoms with E-state index in [0.29, 0.717) is 5.41 Å². The summed E-state index contributed by atoms with van der Waals surface area (Å²) in [5, 5.41) is 0. The molecule has 3 nitrogen and oxygen atoms in total. The molecule has 0 saturated carbocycles. The standard InChI is InChI=1S/C13H25NO2S/c1-15-9-12-2-5-14(8-12)10-13(11-17)3-6-16-7-4-13/h12,17H,2-11H2,1H3. The summed E-state index contributed by atoms with van der Waals surface area (Å²) in [4.78, 5) is 2.60. The fourth-order valence-electron chi connectivity index (χ4n) is 3.07. The molecule has 0 N–H and O–H groups in total. The van der Waals surface area contributed by atoms with Crippen LogP contribution in [0.1, 0.15) is 19.3 Å². The van der Waals surface area contributed by atoms with Gasteiger partial charge in [0.1, 0.15) is 0 Å². The molecule has 0 aliphatic carbocycles. The zero-order valence-electron chi connectivity index (χ0n) is 10.9. The Balaban J connectivity index is 1.83. The van der Waals surface area contributed by atoms with Gasteiger partial charge in [-0.25, -0.2) is 0 Å². The molecule has 2 saturated heterocycles. The van der Waals surface area contributed by atoms with Gasteiger partial charge in [0.05, 0.1) is 6.61 Å². The SMILES string of the molecule is COCC1CCN(CC2(CS)CCOCC2)C1. The van der Waals surface area contributed by atoms with Gasteiger partial charge in [-0.1, -0.05) is 0 Å². The molecule has 0 bridgehead atoms. The van der Waals surface area contributed by atoms with Crippen LogP contribution >= 0.6 is 12.6 Å². The molecule has 100 valence electrons. The minimum absolute atomic E-state index is 0.392. The van der Waals surface area contributed by atoms with Gasteiger partial charge < -0.3 is 14.4 Å². The Kier molecular flexibility index (Phi) is 5.15. The lowest BCUT2D eigenvalue weighted by atomic mass is 9.81. The molecular weight excluding hydrogens is 234 g/mol. The molecule has 1 unspecified atom stereocenters. The van der Waals surface area contributed by atoms with Gasteiger partial charge in [-0.15, -0.1) is 0 Å². The second-order valence-corrected chi connectivity index (χ2v) is 5.93. The van der Waals surface area contributed by atoms with Crippen LogP contribution in [-0.2, 0) is 9.47 Å². The van der Waals surface area contributed by atoms with Crippen LogP contribution in [0.3, 0.4) is 0 Å². The van der Waals surface area contributed by atoms with Crippen molar-refractivity contribution in [2.75, 3.05) is 52.3 Å². The molecular formula is C13H25NO2S.